The van der Waals surface area contributed by atoms with Crippen LogP contribution in [-0.2, 0) is 0 Å². The topological polar surface area (TPSA) is 70.6 Å². The van der Waals surface area contributed by atoms with E-state index in [9.17, 15) is 18.7 Å². The van der Waals surface area contributed by atoms with Crippen LogP contribution in [0.25, 0.3) is 0 Å². The van der Waals surface area contributed by atoms with Crippen LogP contribution in [0.1, 0.15) is 37.9 Å². The van der Waals surface area contributed by atoms with E-state index in [1.807, 2.05) is 6.92 Å². The number of aliphatic hydroxyl groups excluding tert-OH is 1. The van der Waals surface area contributed by atoms with Crippen molar-refractivity contribution in [1.29, 1.82) is 0 Å². The van der Waals surface area contributed by atoms with Gasteiger partial charge in [0.15, 0.2) is 0 Å². The Morgan fingerprint density at radius 2 is 2.00 bits per heavy atom. The first kappa shape index (κ1) is 17.5. The largest absolute Gasteiger partial charge is 0.435 e. The summed E-state index contributed by atoms with van der Waals surface area (Å²) in [5, 5.41) is 15.5. The van der Waals surface area contributed by atoms with Crippen LogP contribution in [0.3, 0.4) is 0 Å². The molecule has 1 aliphatic rings. The van der Waals surface area contributed by atoms with Crippen LogP contribution in [0, 0.1) is 5.92 Å². The molecule has 0 aromatic heterocycles. The van der Waals surface area contributed by atoms with E-state index in [1.165, 1.54) is 30.7 Å². The molecular weight excluding hydrogens is 306 g/mol. The van der Waals surface area contributed by atoms with Crippen molar-refractivity contribution >= 4 is 6.03 Å². The fourth-order valence-corrected chi connectivity index (χ4v) is 2.49. The predicted molar refractivity (Wildman–Crippen MR) is 81.4 cm³/mol. The Kier molecular flexibility index (Phi) is 6.15. The lowest BCUT2D eigenvalue weighted by Gasteiger charge is -2.31. The lowest BCUT2D eigenvalue weighted by atomic mass is 9.80. The van der Waals surface area contributed by atoms with E-state index in [1.54, 1.807) is 0 Å². The molecule has 0 bridgehead atoms. The molecule has 2 atom stereocenters. The molecule has 1 aromatic rings. The number of nitrogens with one attached hydrogen (secondary N) is 2. The van der Waals surface area contributed by atoms with Gasteiger partial charge in [-0.1, -0.05) is 18.6 Å². The second-order valence-electron chi connectivity index (χ2n) is 5.80. The van der Waals surface area contributed by atoms with Gasteiger partial charge in [-0.25, -0.2) is 4.79 Å². The van der Waals surface area contributed by atoms with Crippen LogP contribution < -0.4 is 15.4 Å². The Hall–Kier alpha value is -1.89. The van der Waals surface area contributed by atoms with Crippen molar-refractivity contribution < 1.29 is 23.4 Å². The lowest BCUT2D eigenvalue weighted by molar-refractivity contribution is -0.0498. The van der Waals surface area contributed by atoms with Gasteiger partial charge in [0, 0.05) is 12.6 Å². The third-order valence-electron chi connectivity index (χ3n) is 4.16. The van der Waals surface area contributed by atoms with Crippen molar-refractivity contribution in [3.8, 4) is 5.75 Å². The fourth-order valence-electron chi connectivity index (χ4n) is 2.49. The van der Waals surface area contributed by atoms with Crippen molar-refractivity contribution in [3.63, 3.8) is 0 Å². The molecule has 0 radical (unpaired) electrons. The van der Waals surface area contributed by atoms with Gasteiger partial charge in [-0.3, -0.25) is 0 Å². The molecule has 2 unspecified atom stereocenters. The molecule has 23 heavy (non-hydrogen) atoms. The number of hydrogen-bond donors (Lipinski definition) is 3. The van der Waals surface area contributed by atoms with Crippen molar-refractivity contribution in [1.82, 2.24) is 10.6 Å². The SMILES string of the molecule is CC(NC(=O)NCC(O)c1ccc(OC(F)F)cc1)C1CCC1. The zero-order valence-corrected chi connectivity index (χ0v) is 13.0. The highest BCUT2D eigenvalue weighted by Crippen LogP contribution is 2.29. The van der Waals surface area contributed by atoms with Crippen molar-refractivity contribution in [2.75, 3.05) is 6.54 Å². The molecule has 0 heterocycles. The molecule has 128 valence electrons. The average Bonchev–Trinajstić information content (AvgIpc) is 2.43. The maximum Gasteiger partial charge on any atom is 0.387 e. The highest BCUT2D eigenvalue weighted by Gasteiger charge is 2.25. The molecule has 5 nitrogen and oxygen atoms in total. The number of alkyl halides is 2. The van der Waals surface area contributed by atoms with E-state index < -0.39 is 12.7 Å². The van der Waals surface area contributed by atoms with Crippen LogP contribution in [-0.4, -0.2) is 30.3 Å². The minimum atomic E-state index is -2.88. The molecule has 0 spiro atoms. The van der Waals surface area contributed by atoms with Gasteiger partial charge in [0.25, 0.3) is 0 Å². The van der Waals surface area contributed by atoms with E-state index in [2.05, 4.69) is 15.4 Å². The maximum absolute atomic E-state index is 12.1. The summed E-state index contributed by atoms with van der Waals surface area (Å²) in [5.74, 6) is 0.559. The van der Waals surface area contributed by atoms with Gasteiger partial charge >= 0.3 is 12.6 Å². The smallest absolute Gasteiger partial charge is 0.387 e. The van der Waals surface area contributed by atoms with Gasteiger partial charge in [-0.05, 0) is 43.4 Å². The average molecular weight is 328 g/mol. The molecule has 1 aliphatic carbocycles. The molecule has 1 fully saturated rings. The standard InChI is InChI=1S/C16H22F2N2O3/c1-10(11-3-2-4-11)20-16(22)19-9-14(21)12-5-7-13(8-6-12)23-15(17)18/h5-8,10-11,14-15,21H,2-4,9H2,1H3,(H2,19,20,22). The summed E-state index contributed by atoms with van der Waals surface area (Å²) < 4.78 is 28.3. The van der Waals surface area contributed by atoms with Crippen LogP contribution in [0.15, 0.2) is 24.3 Å². The first-order valence-electron chi connectivity index (χ1n) is 7.73. The minimum absolute atomic E-state index is 0.0241. The van der Waals surface area contributed by atoms with Crippen LogP contribution in [0.5, 0.6) is 5.75 Å². The van der Waals surface area contributed by atoms with Crippen LogP contribution in [0.2, 0.25) is 0 Å². The van der Waals surface area contributed by atoms with Gasteiger partial charge in [0.1, 0.15) is 5.75 Å². The van der Waals surface area contributed by atoms with Gasteiger partial charge < -0.3 is 20.5 Å². The number of halogens is 2. The van der Waals surface area contributed by atoms with Crippen LogP contribution >= 0.6 is 0 Å². The van der Waals surface area contributed by atoms with Gasteiger partial charge in [-0.15, -0.1) is 0 Å². The van der Waals surface area contributed by atoms with Gasteiger partial charge in [0.2, 0.25) is 0 Å². The molecule has 1 saturated carbocycles. The third-order valence-corrected chi connectivity index (χ3v) is 4.16. The first-order valence-corrected chi connectivity index (χ1v) is 7.73. The summed E-state index contributed by atoms with van der Waals surface area (Å²) in [6.07, 6.45) is 2.57. The Balaban J connectivity index is 1.75. The molecule has 2 rings (SSSR count). The maximum atomic E-state index is 12.1. The van der Waals surface area contributed by atoms with Crippen molar-refractivity contribution in [2.24, 2.45) is 5.92 Å². The number of hydrogen-bond acceptors (Lipinski definition) is 3. The summed E-state index contributed by atoms with van der Waals surface area (Å²) >= 11 is 0. The Bertz CT molecular complexity index is 507. The quantitative estimate of drug-likeness (QED) is 0.721. The van der Waals surface area contributed by atoms with E-state index in [-0.39, 0.29) is 24.4 Å². The first-order chi connectivity index (χ1) is 11.0. The lowest BCUT2D eigenvalue weighted by Crippen LogP contribution is -2.46. The number of rotatable bonds is 7. The van der Waals surface area contributed by atoms with Gasteiger partial charge in [-0.2, -0.15) is 8.78 Å². The molecule has 7 heteroatoms. The molecular formula is C16H22F2N2O3. The van der Waals surface area contributed by atoms with Gasteiger partial charge in [0.05, 0.1) is 6.10 Å². The van der Waals surface area contributed by atoms with E-state index >= 15 is 0 Å². The molecule has 0 aliphatic heterocycles. The number of ether oxygens (including phenoxy) is 1. The third kappa shape index (κ3) is 5.35. The van der Waals surface area contributed by atoms with Crippen molar-refractivity contribution in [2.45, 2.75) is 44.9 Å². The summed E-state index contributed by atoms with van der Waals surface area (Å²) in [7, 11) is 0. The number of carbonyl (C=O) groups excluding carboxylic acids is 1. The highest BCUT2D eigenvalue weighted by atomic mass is 19.3. The minimum Gasteiger partial charge on any atom is -0.435 e. The number of benzene rings is 1. The zero-order valence-electron chi connectivity index (χ0n) is 13.0. The second kappa shape index (κ2) is 8.10. The normalized spacial score (nSPS) is 17.3. The Morgan fingerprint density at radius 3 is 2.52 bits per heavy atom. The van der Waals surface area contributed by atoms with Crippen molar-refractivity contribution in [3.05, 3.63) is 29.8 Å². The number of carbonyl (C=O) groups is 1. The Labute approximate surface area is 134 Å². The predicted octanol–water partition coefficient (Wildman–Crippen LogP) is 2.81. The Morgan fingerprint density at radius 1 is 1.35 bits per heavy atom. The summed E-state index contributed by atoms with van der Waals surface area (Å²) in [5.41, 5.74) is 0.513. The van der Waals surface area contributed by atoms with E-state index in [0.717, 1.165) is 12.8 Å². The highest BCUT2D eigenvalue weighted by molar-refractivity contribution is 5.74. The van der Waals surface area contributed by atoms with E-state index in [4.69, 9.17) is 0 Å². The summed E-state index contributed by atoms with van der Waals surface area (Å²) in [6.45, 7) is -0.867. The number of aliphatic hydroxyl groups is 1. The second-order valence-corrected chi connectivity index (χ2v) is 5.80. The summed E-state index contributed by atoms with van der Waals surface area (Å²) in [6, 6.07) is 5.47. The molecule has 0 saturated heterocycles. The fraction of sp³-hybridized carbons (Fsp3) is 0.562. The molecule has 3 N–H and O–H groups in total. The monoisotopic (exact) mass is 328 g/mol. The number of urea groups is 1. The zero-order chi connectivity index (χ0) is 16.8. The number of amides is 2. The van der Waals surface area contributed by atoms with Crippen LogP contribution in [0.4, 0.5) is 13.6 Å². The van der Waals surface area contributed by atoms with E-state index in [0.29, 0.717) is 11.5 Å². The molecule has 1 aromatic carbocycles. The molecule has 2 amide bonds. The summed E-state index contributed by atoms with van der Waals surface area (Å²) in [4.78, 5) is 11.8.